The van der Waals surface area contributed by atoms with Crippen LogP contribution in [0.4, 0.5) is 0 Å². The Labute approximate surface area is 138 Å². The molecule has 0 heteroatoms. The van der Waals surface area contributed by atoms with E-state index in [0.29, 0.717) is 5.92 Å². The number of fused-ring (bicyclic) bond motifs is 1. The molecule has 0 bridgehead atoms. The molecular weight excluding hydrogens is 276 g/mol. The summed E-state index contributed by atoms with van der Waals surface area (Å²) in [6.07, 6.45) is 4.66. The fraction of sp³-hybridized carbons (Fsp3) is 0.130. The average molecular weight is 296 g/mol. The van der Waals surface area contributed by atoms with Crippen LogP contribution in [-0.2, 0) is 0 Å². The van der Waals surface area contributed by atoms with E-state index in [1.165, 1.54) is 38.9 Å². The molecule has 0 aliphatic heterocycles. The summed E-state index contributed by atoms with van der Waals surface area (Å²) >= 11 is 0. The van der Waals surface area contributed by atoms with Gasteiger partial charge in [0, 0.05) is 5.92 Å². The molecule has 0 nitrogen and oxygen atoms in total. The van der Waals surface area contributed by atoms with Crippen LogP contribution in [0.5, 0.6) is 0 Å². The van der Waals surface area contributed by atoms with Gasteiger partial charge in [0.2, 0.25) is 0 Å². The van der Waals surface area contributed by atoms with Gasteiger partial charge in [0.05, 0.1) is 0 Å². The number of benzene rings is 3. The maximum absolute atomic E-state index is 2.35. The average Bonchev–Trinajstić information content (AvgIpc) is 3.02. The Morgan fingerprint density at radius 2 is 1.43 bits per heavy atom. The minimum atomic E-state index is 0.370. The molecule has 1 atom stereocenters. The minimum Gasteiger partial charge on any atom is -0.0720 e. The second-order valence-electron chi connectivity index (χ2n) is 6.32. The number of allylic oxidation sites excluding steroid dienone is 1. The third-order valence-corrected chi connectivity index (χ3v) is 4.88. The summed E-state index contributed by atoms with van der Waals surface area (Å²) in [5.74, 6) is 0.370. The van der Waals surface area contributed by atoms with Crippen molar-refractivity contribution < 1.29 is 0 Å². The van der Waals surface area contributed by atoms with Crippen molar-refractivity contribution in [3.05, 3.63) is 101 Å². The van der Waals surface area contributed by atoms with Crippen molar-refractivity contribution in [2.45, 2.75) is 19.8 Å². The number of aryl methyl sites for hydroxylation is 2. The van der Waals surface area contributed by atoms with Gasteiger partial charge in [-0.15, -0.1) is 0 Å². The maximum Gasteiger partial charge on any atom is 0.0284 e. The molecule has 0 heterocycles. The minimum absolute atomic E-state index is 0.370. The van der Waals surface area contributed by atoms with E-state index in [-0.39, 0.29) is 0 Å². The van der Waals surface area contributed by atoms with Crippen LogP contribution in [0.15, 0.2) is 72.8 Å². The fourth-order valence-electron chi connectivity index (χ4n) is 3.69. The van der Waals surface area contributed by atoms with Crippen LogP contribution in [0.2, 0.25) is 0 Å². The highest BCUT2D eigenvalue weighted by molar-refractivity contribution is 5.82. The van der Waals surface area contributed by atoms with Gasteiger partial charge in [-0.3, -0.25) is 0 Å². The molecule has 3 aromatic carbocycles. The Bertz CT molecular complexity index is 885. The number of hydrogen-bond acceptors (Lipinski definition) is 0. The molecule has 0 saturated heterocycles. The van der Waals surface area contributed by atoms with Crippen molar-refractivity contribution in [2.75, 3.05) is 0 Å². The lowest BCUT2D eigenvalue weighted by atomic mass is 9.85. The van der Waals surface area contributed by atoms with Crippen LogP contribution in [0.1, 0.15) is 33.7 Å². The fourth-order valence-corrected chi connectivity index (χ4v) is 3.69. The molecule has 4 rings (SSSR count). The summed E-state index contributed by atoms with van der Waals surface area (Å²) in [7, 11) is 0. The predicted octanol–water partition coefficient (Wildman–Crippen LogP) is 6.13. The molecule has 1 aliphatic carbocycles. The molecule has 23 heavy (non-hydrogen) atoms. The first kappa shape index (κ1) is 14.0. The third kappa shape index (κ3) is 2.31. The van der Waals surface area contributed by atoms with Crippen LogP contribution >= 0.6 is 0 Å². The number of hydrogen-bond donors (Lipinski definition) is 0. The zero-order valence-electron chi connectivity index (χ0n) is 13.6. The van der Waals surface area contributed by atoms with Gasteiger partial charge in [-0.25, -0.2) is 0 Å². The van der Waals surface area contributed by atoms with E-state index >= 15 is 0 Å². The van der Waals surface area contributed by atoms with Crippen LogP contribution in [0.25, 0.3) is 17.2 Å². The predicted molar refractivity (Wildman–Crippen MR) is 98.7 cm³/mol. The van der Waals surface area contributed by atoms with Gasteiger partial charge in [0.1, 0.15) is 0 Å². The van der Waals surface area contributed by atoms with E-state index < -0.39 is 0 Å². The molecule has 0 amide bonds. The van der Waals surface area contributed by atoms with Crippen molar-refractivity contribution in [1.29, 1.82) is 0 Å². The summed E-state index contributed by atoms with van der Waals surface area (Å²) in [4.78, 5) is 0. The SMILES string of the molecule is Cc1ccccc1C1C=Cc2c(-c3ccccc3)ccc(C)c21. The first-order valence-electron chi connectivity index (χ1n) is 8.18. The molecule has 0 saturated carbocycles. The van der Waals surface area contributed by atoms with Gasteiger partial charge < -0.3 is 0 Å². The van der Waals surface area contributed by atoms with E-state index in [2.05, 4.69) is 92.7 Å². The zero-order valence-corrected chi connectivity index (χ0v) is 13.6. The Hall–Kier alpha value is -2.60. The third-order valence-electron chi connectivity index (χ3n) is 4.88. The van der Waals surface area contributed by atoms with Crippen LogP contribution in [-0.4, -0.2) is 0 Å². The normalized spacial score (nSPS) is 15.7. The monoisotopic (exact) mass is 296 g/mol. The van der Waals surface area contributed by atoms with E-state index in [1.807, 2.05) is 0 Å². The van der Waals surface area contributed by atoms with E-state index in [9.17, 15) is 0 Å². The summed E-state index contributed by atoms with van der Waals surface area (Å²) in [5, 5.41) is 0. The zero-order chi connectivity index (χ0) is 15.8. The Morgan fingerprint density at radius 1 is 0.696 bits per heavy atom. The summed E-state index contributed by atoms with van der Waals surface area (Å²) in [5.41, 5.74) is 9.61. The molecule has 0 aromatic heterocycles. The Morgan fingerprint density at radius 3 is 2.22 bits per heavy atom. The van der Waals surface area contributed by atoms with Crippen molar-refractivity contribution in [3.8, 4) is 11.1 Å². The van der Waals surface area contributed by atoms with E-state index in [1.54, 1.807) is 0 Å². The van der Waals surface area contributed by atoms with Crippen molar-refractivity contribution >= 4 is 6.08 Å². The number of rotatable bonds is 2. The molecule has 112 valence electrons. The quantitative estimate of drug-likeness (QED) is 0.533. The van der Waals surface area contributed by atoms with Crippen LogP contribution < -0.4 is 0 Å². The molecular formula is C23H20. The first-order chi connectivity index (χ1) is 11.3. The second kappa shape index (κ2) is 5.55. The molecule has 1 aliphatic rings. The van der Waals surface area contributed by atoms with Crippen molar-refractivity contribution in [3.63, 3.8) is 0 Å². The highest BCUT2D eigenvalue weighted by Crippen LogP contribution is 2.42. The molecule has 0 N–H and O–H groups in total. The first-order valence-corrected chi connectivity index (χ1v) is 8.18. The smallest absolute Gasteiger partial charge is 0.0284 e. The Kier molecular flexibility index (Phi) is 3.38. The van der Waals surface area contributed by atoms with Crippen LogP contribution in [0.3, 0.4) is 0 Å². The lowest BCUT2D eigenvalue weighted by molar-refractivity contribution is 1.01. The van der Waals surface area contributed by atoms with Crippen molar-refractivity contribution in [1.82, 2.24) is 0 Å². The summed E-state index contributed by atoms with van der Waals surface area (Å²) in [6, 6.07) is 23.9. The summed E-state index contributed by atoms with van der Waals surface area (Å²) < 4.78 is 0. The molecule has 0 fully saturated rings. The van der Waals surface area contributed by atoms with Crippen molar-refractivity contribution in [2.24, 2.45) is 0 Å². The standard InChI is InChI=1S/C23H20/c1-16-8-6-7-11-19(16)21-14-15-22-20(13-12-17(2)23(21)22)18-9-4-3-5-10-18/h3-15,21H,1-2H3. The maximum atomic E-state index is 2.35. The van der Waals surface area contributed by atoms with Gasteiger partial charge in [0.25, 0.3) is 0 Å². The Balaban J connectivity index is 1.90. The van der Waals surface area contributed by atoms with E-state index in [4.69, 9.17) is 0 Å². The molecule has 1 unspecified atom stereocenters. The lowest BCUT2D eigenvalue weighted by Crippen LogP contribution is -2.01. The van der Waals surface area contributed by atoms with Gasteiger partial charge in [-0.05, 0) is 52.8 Å². The highest BCUT2D eigenvalue weighted by Gasteiger charge is 2.24. The molecule has 3 aromatic rings. The van der Waals surface area contributed by atoms with Gasteiger partial charge >= 0.3 is 0 Å². The lowest BCUT2D eigenvalue weighted by Gasteiger charge is -2.18. The largest absolute Gasteiger partial charge is 0.0720 e. The molecule has 0 radical (unpaired) electrons. The highest BCUT2D eigenvalue weighted by atomic mass is 14.3. The summed E-state index contributed by atoms with van der Waals surface area (Å²) in [6.45, 7) is 4.43. The van der Waals surface area contributed by atoms with Gasteiger partial charge in [-0.2, -0.15) is 0 Å². The molecule has 0 spiro atoms. The van der Waals surface area contributed by atoms with Crippen LogP contribution in [0, 0.1) is 13.8 Å². The second-order valence-corrected chi connectivity index (χ2v) is 6.32. The topological polar surface area (TPSA) is 0 Å². The van der Waals surface area contributed by atoms with Gasteiger partial charge in [-0.1, -0.05) is 78.9 Å². The van der Waals surface area contributed by atoms with Gasteiger partial charge in [0.15, 0.2) is 0 Å². The van der Waals surface area contributed by atoms with E-state index in [0.717, 1.165) is 0 Å².